The fourth-order valence-corrected chi connectivity index (χ4v) is 5.48. The first-order chi connectivity index (χ1) is 16.8. The number of aromatic nitrogens is 1. The maximum absolute atomic E-state index is 12.8. The molecule has 0 aliphatic carbocycles. The summed E-state index contributed by atoms with van der Waals surface area (Å²) in [7, 11) is -3.40. The summed E-state index contributed by atoms with van der Waals surface area (Å²) >= 11 is 6.13. The largest absolute Gasteiger partial charge is 0.494 e. The summed E-state index contributed by atoms with van der Waals surface area (Å²) in [4.78, 5) is 10.2. The van der Waals surface area contributed by atoms with Gasteiger partial charge in [-0.05, 0) is 49.5 Å². The number of nitrogens with zero attached hydrogens (tertiary/aromatic N) is 2. The molecule has 0 radical (unpaired) electrons. The number of rotatable bonds is 9. The zero-order valence-corrected chi connectivity index (χ0v) is 21.3. The van der Waals surface area contributed by atoms with Gasteiger partial charge in [-0.25, -0.2) is 13.4 Å². The molecule has 3 aromatic carbocycles. The van der Waals surface area contributed by atoms with Gasteiger partial charge in [0.25, 0.3) is 0 Å². The van der Waals surface area contributed by atoms with Crippen molar-refractivity contribution >= 4 is 43.7 Å². The number of H-pyrrole nitrogens is 1. The molecule has 0 unspecified atom stereocenters. The van der Waals surface area contributed by atoms with Crippen LogP contribution in [0.25, 0.3) is 10.9 Å². The molecule has 0 amide bonds. The number of benzene rings is 3. The molecule has 0 saturated heterocycles. The van der Waals surface area contributed by atoms with Crippen molar-refractivity contribution in [3.8, 4) is 5.88 Å². The summed E-state index contributed by atoms with van der Waals surface area (Å²) in [6, 6.07) is 21.5. The molecule has 2 N–H and O–H groups in total. The maximum Gasteiger partial charge on any atom is 0.199 e. The molecule has 0 atom stereocenters. The number of fused-ring (bicyclic) bond motifs is 1. The normalized spacial score (nSPS) is 12.5. The Kier molecular flexibility index (Phi) is 7.60. The molecule has 0 bridgehead atoms. The monoisotopic (exact) mass is 509 g/mol. The van der Waals surface area contributed by atoms with E-state index in [2.05, 4.69) is 9.88 Å². The third-order valence-electron chi connectivity index (χ3n) is 6.03. The van der Waals surface area contributed by atoms with Crippen molar-refractivity contribution in [3.05, 3.63) is 88.9 Å². The number of halogens is 1. The molecule has 4 rings (SSSR count). The van der Waals surface area contributed by atoms with Crippen LogP contribution in [-0.4, -0.2) is 54.5 Å². The number of hydrogen-bond donors (Lipinski definition) is 2. The van der Waals surface area contributed by atoms with Gasteiger partial charge in [-0.1, -0.05) is 61.8 Å². The van der Waals surface area contributed by atoms with E-state index < -0.39 is 9.84 Å². The molecule has 0 fully saturated rings. The molecule has 1 heterocycles. The van der Waals surface area contributed by atoms with Crippen molar-refractivity contribution in [2.75, 3.05) is 25.4 Å². The van der Waals surface area contributed by atoms with Crippen molar-refractivity contribution in [2.24, 2.45) is 4.99 Å². The van der Waals surface area contributed by atoms with Crippen LogP contribution in [0.4, 0.5) is 5.69 Å². The van der Waals surface area contributed by atoms with Crippen molar-refractivity contribution in [1.82, 2.24) is 9.88 Å². The highest BCUT2D eigenvalue weighted by Crippen LogP contribution is 2.33. The Bertz CT molecular complexity index is 1440. The highest BCUT2D eigenvalue weighted by molar-refractivity contribution is 7.91. The third-order valence-corrected chi connectivity index (χ3v) is 7.98. The van der Waals surface area contributed by atoms with Crippen LogP contribution in [0, 0.1) is 0 Å². The van der Waals surface area contributed by atoms with E-state index >= 15 is 0 Å². The lowest BCUT2D eigenvalue weighted by atomic mass is 10.0. The predicted molar refractivity (Wildman–Crippen MR) is 143 cm³/mol. The van der Waals surface area contributed by atoms with Crippen LogP contribution < -0.4 is 0 Å². The first-order valence-corrected chi connectivity index (χ1v) is 13.5. The molecule has 1 aromatic heterocycles. The molecule has 182 valence electrons. The Labute approximate surface area is 210 Å². The van der Waals surface area contributed by atoms with Gasteiger partial charge < -0.3 is 15.0 Å². The van der Waals surface area contributed by atoms with Gasteiger partial charge in [0, 0.05) is 22.5 Å². The van der Waals surface area contributed by atoms with Gasteiger partial charge in [-0.15, -0.1) is 0 Å². The zero-order valence-electron chi connectivity index (χ0n) is 19.7. The summed E-state index contributed by atoms with van der Waals surface area (Å²) in [6.07, 6.45) is 0. The van der Waals surface area contributed by atoms with E-state index in [9.17, 15) is 13.5 Å². The van der Waals surface area contributed by atoms with Gasteiger partial charge >= 0.3 is 0 Å². The van der Waals surface area contributed by atoms with Crippen LogP contribution in [0.3, 0.4) is 0 Å². The Morgan fingerprint density at radius 2 is 1.69 bits per heavy atom. The Morgan fingerprint density at radius 3 is 2.34 bits per heavy atom. The summed E-state index contributed by atoms with van der Waals surface area (Å²) < 4.78 is 25.6. The first-order valence-electron chi connectivity index (χ1n) is 11.5. The van der Waals surface area contributed by atoms with E-state index in [0.717, 1.165) is 24.0 Å². The van der Waals surface area contributed by atoms with Crippen LogP contribution in [-0.2, 0) is 9.84 Å². The van der Waals surface area contributed by atoms with Gasteiger partial charge in [0.2, 0.25) is 0 Å². The number of sulfone groups is 1. The van der Waals surface area contributed by atoms with Crippen LogP contribution in [0.15, 0.2) is 82.7 Å². The lowest BCUT2D eigenvalue weighted by Gasteiger charge is -2.17. The van der Waals surface area contributed by atoms with Crippen molar-refractivity contribution in [1.29, 1.82) is 0 Å². The molecular weight excluding hydrogens is 482 g/mol. The molecule has 8 heteroatoms. The van der Waals surface area contributed by atoms with Gasteiger partial charge in [0.15, 0.2) is 15.7 Å². The van der Waals surface area contributed by atoms with Crippen molar-refractivity contribution < 1.29 is 13.5 Å². The van der Waals surface area contributed by atoms with Gasteiger partial charge in [0.1, 0.15) is 0 Å². The maximum atomic E-state index is 12.8. The molecule has 0 aliphatic heterocycles. The first kappa shape index (κ1) is 25.0. The predicted octanol–water partition coefficient (Wildman–Crippen LogP) is 5.81. The van der Waals surface area contributed by atoms with Crippen LogP contribution in [0.5, 0.6) is 5.88 Å². The third kappa shape index (κ3) is 5.59. The molecule has 0 aliphatic rings. The molecule has 0 spiro atoms. The number of aromatic hydroxyl groups is 1. The second-order valence-electron chi connectivity index (χ2n) is 8.20. The van der Waals surface area contributed by atoms with Crippen molar-refractivity contribution in [2.45, 2.75) is 18.7 Å². The van der Waals surface area contributed by atoms with E-state index in [4.69, 9.17) is 16.6 Å². The van der Waals surface area contributed by atoms with Crippen LogP contribution in [0.1, 0.15) is 25.0 Å². The number of nitrogens with one attached hydrogen (secondary N) is 1. The minimum atomic E-state index is -3.40. The highest BCUT2D eigenvalue weighted by atomic mass is 35.5. The summed E-state index contributed by atoms with van der Waals surface area (Å²) in [6.45, 7) is 6.17. The Balaban J connectivity index is 1.73. The lowest BCUT2D eigenvalue weighted by molar-refractivity contribution is 0.321. The fraction of sp³-hybridized carbons (Fsp3) is 0.222. The number of hydrogen-bond acceptors (Lipinski definition) is 5. The van der Waals surface area contributed by atoms with E-state index in [1.807, 2.05) is 50.2 Å². The minimum absolute atomic E-state index is 0.0135. The fourth-order valence-electron chi connectivity index (χ4n) is 4.02. The SMILES string of the molecule is CCN(CC)CCS(=O)(=O)c1ccc(N=C(c2ccccc2)c2c(O)[nH]c3cc(Cl)ccc23)cc1. The summed E-state index contributed by atoms with van der Waals surface area (Å²) in [5.74, 6) is 0.0543. The van der Waals surface area contributed by atoms with Gasteiger partial charge in [0.05, 0.1) is 33.1 Å². The topological polar surface area (TPSA) is 85.8 Å². The van der Waals surface area contributed by atoms with Crippen LogP contribution >= 0.6 is 11.6 Å². The molecule has 35 heavy (non-hydrogen) atoms. The molecule has 6 nitrogen and oxygen atoms in total. The van der Waals surface area contributed by atoms with Gasteiger partial charge in [-0.3, -0.25) is 0 Å². The van der Waals surface area contributed by atoms with E-state index in [1.165, 1.54) is 0 Å². The number of aliphatic imine (C=N–C) groups is 1. The minimum Gasteiger partial charge on any atom is -0.494 e. The van der Waals surface area contributed by atoms with E-state index in [-0.39, 0.29) is 16.5 Å². The zero-order chi connectivity index (χ0) is 25.0. The standard InChI is InChI=1S/C27H28ClN3O3S/c1-3-31(4-2)16-17-35(33,34)22-13-11-21(12-14-22)29-26(19-8-6-5-7-9-19)25-23-15-10-20(28)18-24(23)30-27(25)32/h5-15,18,30,32H,3-4,16-17H2,1-2H3. The highest BCUT2D eigenvalue weighted by Gasteiger charge is 2.19. The molecule has 4 aromatic rings. The van der Waals surface area contributed by atoms with Crippen LogP contribution in [0.2, 0.25) is 5.02 Å². The van der Waals surface area contributed by atoms with Gasteiger partial charge in [-0.2, -0.15) is 0 Å². The van der Waals surface area contributed by atoms with Crippen molar-refractivity contribution in [3.63, 3.8) is 0 Å². The Hall–Kier alpha value is -3.13. The average molecular weight is 510 g/mol. The second-order valence-corrected chi connectivity index (χ2v) is 10.8. The average Bonchev–Trinajstić information content (AvgIpc) is 3.18. The summed E-state index contributed by atoms with van der Waals surface area (Å²) in [5.41, 5.74) is 3.21. The Morgan fingerprint density at radius 1 is 1.00 bits per heavy atom. The molecule has 0 saturated carbocycles. The van der Waals surface area contributed by atoms with E-state index in [1.54, 1.807) is 36.4 Å². The second kappa shape index (κ2) is 10.6. The lowest BCUT2D eigenvalue weighted by Crippen LogP contribution is -2.29. The summed E-state index contributed by atoms with van der Waals surface area (Å²) in [5, 5.41) is 12.1. The smallest absolute Gasteiger partial charge is 0.199 e. The number of aromatic amines is 1. The quantitative estimate of drug-likeness (QED) is 0.279. The van der Waals surface area contributed by atoms with E-state index in [0.29, 0.717) is 34.0 Å². The molecular formula is C27H28ClN3O3S.